The smallest absolute Gasteiger partial charge is 0.393 e. The molecule has 2 unspecified atom stereocenters. The van der Waals surface area contributed by atoms with E-state index in [1.807, 2.05) is 6.07 Å². The van der Waals surface area contributed by atoms with Gasteiger partial charge in [-0.1, -0.05) is 12.8 Å². The van der Waals surface area contributed by atoms with Gasteiger partial charge in [0.1, 0.15) is 5.75 Å². The van der Waals surface area contributed by atoms with Crippen molar-refractivity contribution in [3.8, 4) is 11.8 Å². The molecule has 1 aromatic rings. The molecule has 1 N–H and O–H groups in total. The molecule has 0 bridgehead atoms. The van der Waals surface area contributed by atoms with Gasteiger partial charge < -0.3 is 10.1 Å². The zero-order valence-corrected chi connectivity index (χ0v) is 12.4. The van der Waals surface area contributed by atoms with E-state index in [1.165, 1.54) is 24.3 Å². The van der Waals surface area contributed by atoms with Crippen LogP contribution in [0, 0.1) is 17.2 Å². The molecule has 0 spiro atoms. The number of halogens is 3. The molecule has 7 heteroatoms. The van der Waals surface area contributed by atoms with Crippen LogP contribution in [0.1, 0.15) is 31.2 Å². The summed E-state index contributed by atoms with van der Waals surface area (Å²) in [6, 6.07) is 7.20. The number of ether oxygens (including phenoxy) is 1. The molecule has 1 amide bonds. The van der Waals surface area contributed by atoms with Gasteiger partial charge in [-0.25, -0.2) is 0 Å². The fraction of sp³-hybridized carbons (Fsp3) is 0.500. The Bertz CT molecular complexity index is 578. The van der Waals surface area contributed by atoms with E-state index in [0.717, 1.165) is 0 Å². The number of hydrogen-bond acceptors (Lipinski definition) is 3. The lowest BCUT2D eigenvalue weighted by atomic mass is 9.84. The van der Waals surface area contributed by atoms with Crippen molar-refractivity contribution >= 4 is 5.91 Å². The Kier molecular flexibility index (Phi) is 5.48. The van der Waals surface area contributed by atoms with E-state index >= 15 is 0 Å². The molecular weight excluding hydrogens is 309 g/mol. The van der Waals surface area contributed by atoms with Crippen LogP contribution in [0.2, 0.25) is 0 Å². The minimum absolute atomic E-state index is 0.0466. The molecule has 2 atom stereocenters. The second-order valence-electron chi connectivity index (χ2n) is 5.53. The molecule has 4 nitrogen and oxygen atoms in total. The largest absolute Gasteiger partial charge is 0.484 e. The normalized spacial score (nSPS) is 21.3. The van der Waals surface area contributed by atoms with Crippen LogP contribution in [0.4, 0.5) is 13.2 Å². The Labute approximate surface area is 132 Å². The summed E-state index contributed by atoms with van der Waals surface area (Å²) in [5, 5.41) is 11.1. The van der Waals surface area contributed by atoms with E-state index in [0.29, 0.717) is 30.6 Å². The molecule has 124 valence electrons. The third-order valence-electron chi connectivity index (χ3n) is 3.89. The number of amides is 1. The summed E-state index contributed by atoms with van der Waals surface area (Å²) in [5.41, 5.74) is 0.456. The zero-order chi connectivity index (χ0) is 16.9. The minimum atomic E-state index is -4.30. The first-order chi connectivity index (χ1) is 10.9. The molecule has 1 aliphatic carbocycles. The van der Waals surface area contributed by atoms with E-state index < -0.39 is 24.0 Å². The highest BCUT2D eigenvalue weighted by atomic mass is 19.4. The van der Waals surface area contributed by atoms with Gasteiger partial charge in [0.15, 0.2) is 6.61 Å². The van der Waals surface area contributed by atoms with Crippen molar-refractivity contribution in [2.24, 2.45) is 5.92 Å². The average molecular weight is 326 g/mol. The number of nitriles is 1. The van der Waals surface area contributed by atoms with Gasteiger partial charge in [-0.2, -0.15) is 18.4 Å². The third-order valence-corrected chi connectivity index (χ3v) is 3.89. The van der Waals surface area contributed by atoms with Crippen LogP contribution >= 0.6 is 0 Å². The summed E-state index contributed by atoms with van der Waals surface area (Å²) in [5.74, 6) is -1.68. The topological polar surface area (TPSA) is 62.1 Å². The molecule has 1 saturated carbocycles. The summed E-state index contributed by atoms with van der Waals surface area (Å²) >= 11 is 0. The van der Waals surface area contributed by atoms with Crippen molar-refractivity contribution in [3.05, 3.63) is 29.8 Å². The molecule has 2 rings (SSSR count). The number of nitrogens with one attached hydrogen (secondary N) is 1. The van der Waals surface area contributed by atoms with Gasteiger partial charge in [0, 0.05) is 6.04 Å². The zero-order valence-electron chi connectivity index (χ0n) is 12.4. The fourth-order valence-corrected chi connectivity index (χ4v) is 2.72. The van der Waals surface area contributed by atoms with Gasteiger partial charge in [-0.3, -0.25) is 4.79 Å². The van der Waals surface area contributed by atoms with Gasteiger partial charge >= 0.3 is 6.18 Å². The molecule has 23 heavy (non-hydrogen) atoms. The average Bonchev–Trinajstić information content (AvgIpc) is 2.53. The van der Waals surface area contributed by atoms with Crippen molar-refractivity contribution in [1.29, 1.82) is 5.26 Å². The lowest BCUT2D eigenvalue weighted by Crippen LogP contribution is -2.48. The summed E-state index contributed by atoms with van der Waals surface area (Å²) in [4.78, 5) is 11.8. The third kappa shape index (κ3) is 4.88. The number of rotatable bonds is 4. The van der Waals surface area contributed by atoms with Gasteiger partial charge in [-0.05, 0) is 37.1 Å². The Morgan fingerprint density at radius 3 is 2.52 bits per heavy atom. The lowest BCUT2D eigenvalue weighted by Gasteiger charge is -2.33. The second kappa shape index (κ2) is 7.36. The van der Waals surface area contributed by atoms with Crippen molar-refractivity contribution in [2.75, 3.05) is 6.61 Å². The van der Waals surface area contributed by atoms with Crippen molar-refractivity contribution < 1.29 is 22.7 Å². The maximum absolute atomic E-state index is 13.0. The maximum Gasteiger partial charge on any atom is 0.393 e. The van der Waals surface area contributed by atoms with Gasteiger partial charge in [0.05, 0.1) is 17.6 Å². The predicted octanol–water partition coefficient (Wildman–Crippen LogP) is 3.17. The Balaban J connectivity index is 1.86. The molecule has 0 saturated heterocycles. The molecule has 0 heterocycles. The second-order valence-corrected chi connectivity index (χ2v) is 5.53. The summed E-state index contributed by atoms with van der Waals surface area (Å²) in [6.07, 6.45) is -2.73. The molecule has 1 aromatic carbocycles. The number of hydrogen-bond donors (Lipinski definition) is 1. The monoisotopic (exact) mass is 326 g/mol. The fourth-order valence-electron chi connectivity index (χ4n) is 2.72. The predicted molar refractivity (Wildman–Crippen MR) is 76.6 cm³/mol. The first-order valence-corrected chi connectivity index (χ1v) is 7.39. The van der Waals surface area contributed by atoms with E-state index in [2.05, 4.69) is 5.32 Å². The summed E-state index contributed by atoms with van der Waals surface area (Å²) in [7, 11) is 0. The Morgan fingerprint density at radius 2 is 1.91 bits per heavy atom. The molecule has 0 aliphatic heterocycles. The minimum Gasteiger partial charge on any atom is -0.484 e. The van der Waals surface area contributed by atoms with E-state index in [-0.39, 0.29) is 13.0 Å². The van der Waals surface area contributed by atoms with Crippen LogP contribution in [0.25, 0.3) is 0 Å². The highest BCUT2D eigenvalue weighted by Crippen LogP contribution is 2.37. The van der Waals surface area contributed by atoms with E-state index in [9.17, 15) is 18.0 Å². The summed E-state index contributed by atoms with van der Waals surface area (Å²) < 4.78 is 44.1. The molecule has 0 aromatic heterocycles. The SMILES string of the molecule is N#Cc1ccc(OCC(=O)NC2CCCCC2C(F)(F)F)cc1. The Morgan fingerprint density at radius 1 is 1.26 bits per heavy atom. The van der Waals surface area contributed by atoms with Crippen molar-refractivity contribution in [3.63, 3.8) is 0 Å². The van der Waals surface area contributed by atoms with Gasteiger partial charge in [0.2, 0.25) is 0 Å². The van der Waals surface area contributed by atoms with Crippen LogP contribution in [0.15, 0.2) is 24.3 Å². The highest BCUT2D eigenvalue weighted by molar-refractivity contribution is 5.77. The first kappa shape index (κ1) is 17.1. The first-order valence-electron chi connectivity index (χ1n) is 7.39. The van der Waals surface area contributed by atoms with E-state index in [4.69, 9.17) is 10.00 Å². The highest BCUT2D eigenvalue weighted by Gasteiger charge is 2.45. The number of carbonyl (C=O) groups is 1. The standard InChI is InChI=1S/C16H17F3N2O2/c17-16(18,19)13-3-1-2-4-14(13)21-15(22)10-23-12-7-5-11(9-20)6-8-12/h5-8,13-14H,1-4,10H2,(H,21,22). The molecule has 1 aliphatic rings. The van der Waals surface area contributed by atoms with Crippen molar-refractivity contribution in [2.45, 2.75) is 37.9 Å². The van der Waals surface area contributed by atoms with E-state index in [1.54, 1.807) is 0 Å². The van der Waals surface area contributed by atoms with Crippen LogP contribution in [0.3, 0.4) is 0 Å². The quantitative estimate of drug-likeness (QED) is 0.924. The summed E-state index contributed by atoms with van der Waals surface area (Å²) in [6.45, 7) is -0.354. The molecule has 0 radical (unpaired) electrons. The van der Waals surface area contributed by atoms with Crippen molar-refractivity contribution in [1.82, 2.24) is 5.32 Å². The molecule has 1 fully saturated rings. The number of alkyl halides is 3. The van der Waals surface area contributed by atoms with Crippen LogP contribution in [-0.4, -0.2) is 24.7 Å². The van der Waals surface area contributed by atoms with Gasteiger partial charge in [0.25, 0.3) is 5.91 Å². The number of carbonyl (C=O) groups excluding carboxylic acids is 1. The Hall–Kier alpha value is -2.23. The lowest BCUT2D eigenvalue weighted by molar-refractivity contribution is -0.189. The maximum atomic E-state index is 13.0. The molecular formula is C16H17F3N2O2. The number of benzene rings is 1. The number of nitrogens with zero attached hydrogens (tertiary/aromatic N) is 1. The van der Waals surface area contributed by atoms with Gasteiger partial charge in [-0.15, -0.1) is 0 Å². The van der Waals surface area contributed by atoms with Crippen LogP contribution in [-0.2, 0) is 4.79 Å². The van der Waals surface area contributed by atoms with Crippen LogP contribution in [0.5, 0.6) is 5.75 Å². The van der Waals surface area contributed by atoms with Crippen LogP contribution < -0.4 is 10.1 Å².